The highest BCUT2D eigenvalue weighted by Crippen LogP contribution is 2.23. The van der Waals surface area contributed by atoms with E-state index in [1.165, 1.54) is 16.8 Å². The van der Waals surface area contributed by atoms with E-state index in [2.05, 4.69) is 47.3 Å². The van der Waals surface area contributed by atoms with Gasteiger partial charge in [0.25, 0.3) is 0 Å². The Morgan fingerprint density at radius 1 is 1.42 bits per heavy atom. The van der Waals surface area contributed by atoms with Crippen LogP contribution in [0.15, 0.2) is 23.0 Å². The largest absolute Gasteiger partial charge is 0.310 e. The van der Waals surface area contributed by atoms with Gasteiger partial charge in [0.05, 0.1) is 5.69 Å². The van der Waals surface area contributed by atoms with Crippen LogP contribution in [0.3, 0.4) is 0 Å². The first kappa shape index (κ1) is 14.3. The Balaban J connectivity index is 2.20. The third-order valence-corrected chi connectivity index (χ3v) is 4.04. The summed E-state index contributed by atoms with van der Waals surface area (Å²) in [7, 11) is 2.00. The quantitative estimate of drug-likeness (QED) is 0.841. The van der Waals surface area contributed by atoms with Crippen LogP contribution >= 0.6 is 11.3 Å². The lowest BCUT2D eigenvalue weighted by molar-refractivity contribution is 0.526. The molecule has 0 aliphatic carbocycles. The van der Waals surface area contributed by atoms with Crippen LogP contribution in [0.2, 0.25) is 0 Å². The van der Waals surface area contributed by atoms with Crippen molar-refractivity contribution in [3.8, 4) is 0 Å². The predicted molar refractivity (Wildman–Crippen MR) is 81.6 cm³/mol. The smallest absolute Gasteiger partial charge is 0.0669 e. The number of nitrogens with zero attached hydrogens (tertiary/aromatic N) is 2. The van der Waals surface area contributed by atoms with Crippen LogP contribution in [0.1, 0.15) is 43.1 Å². The number of aromatic nitrogens is 2. The molecule has 2 rings (SSSR count). The van der Waals surface area contributed by atoms with E-state index in [-0.39, 0.29) is 0 Å². The molecule has 0 amide bonds. The predicted octanol–water partition coefficient (Wildman–Crippen LogP) is 3.33. The van der Waals surface area contributed by atoms with Crippen LogP contribution in [-0.4, -0.2) is 16.3 Å². The van der Waals surface area contributed by atoms with Crippen LogP contribution in [0.5, 0.6) is 0 Å². The molecule has 0 saturated carbocycles. The first-order valence-corrected chi connectivity index (χ1v) is 7.95. The second-order valence-electron chi connectivity index (χ2n) is 4.90. The monoisotopic (exact) mass is 277 g/mol. The second-order valence-corrected chi connectivity index (χ2v) is 5.68. The summed E-state index contributed by atoms with van der Waals surface area (Å²) in [6, 6.07) is 2.59. The van der Waals surface area contributed by atoms with Crippen molar-refractivity contribution in [3.05, 3.63) is 39.8 Å². The Bertz CT molecular complexity index is 487. The fraction of sp³-hybridized carbons (Fsp3) is 0.533. The van der Waals surface area contributed by atoms with Gasteiger partial charge in [0.1, 0.15) is 0 Å². The molecule has 0 saturated heterocycles. The van der Waals surface area contributed by atoms with Crippen LogP contribution in [0.25, 0.3) is 0 Å². The molecule has 0 fully saturated rings. The third kappa shape index (κ3) is 3.67. The number of rotatable bonds is 7. The van der Waals surface area contributed by atoms with Crippen LogP contribution < -0.4 is 5.32 Å². The average Bonchev–Trinajstić information content (AvgIpc) is 3.03. The van der Waals surface area contributed by atoms with Crippen LogP contribution in [0, 0.1) is 0 Å². The highest BCUT2D eigenvalue weighted by Gasteiger charge is 2.17. The van der Waals surface area contributed by atoms with Crippen molar-refractivity contribution in [2.24, 2.45) is 7.05 Å². The van der Waals surface area contributed by atoms with Gasteiger partial charge in [0.2, 0.25) is 0 Å². The van der Waals surface area contributed by atoms with Gasteiger partial charge in [-0.25, -0.2) is 0 Å². The zero-order valence-electron chi connectivity index (χ0n) is 12.0. The van der Waals surface area contributed by atoms with E-state index in [1.807, 2.05) is 11.7 Å². The minimum atomic E-state index is 0.373. The summed E-state index contributed by atoms with van der Waals surface area (Å²) in [5.74, 6) is 0. The molecule has 0 aromatic carbocycles. The molecule has 19 heavy (non-hydrogen) atoms. The summed E-state index contributed by atoms with van der Waals surface area (Å²) in [4.78, 5) is 0. The van der Waals surface area contributed by atoms with Crippen molar-refractivity contribution >= 4 is 11.3 Å². The molecule has 0 radical (unpaired) electrons. The second kappa shape index (κ2) is 6.87. The number of thiophene rings is 1. The maximum Gasteiger partial charge on any atom is 0.0669 e. The SMILES string of the molecule is CCCNC(Cc1ccsc1)c1cn(C)nc1CC. The molecule has 0 aliphatic heterocycles. The summed E-state index contributed by atoms with van der Waals surface area (Å²) in [5, 5.41) is 12.6. The van der Waals surface area contributed by atoms with Gasteiger partial charge in [-0.1, -0.05) is 13.8 Å². The fourth-order valence-corrected chi connectivity index (χ4v) is 3.06. The van der Waals surface area contributed by atoms with E-state index in [4.69, 9.17) is 0 Å². The number of nitrogens with one attached hydrogen (secondary N) is 1. The molecule has 1 unspecified atom stereocenters. The summed E-state index contributed by atoms with van der Waals surface area (Å²) in [6.45, 7) is 5.43. The standard InChI is InChI=1S/C15H23N3S/c1-4-7-16-15(9-12-6-8-19-11-12)13-10-18(3)17-14(13)5-2/h6,8,10-11,15-16H,4-5,7,9H2,1-3H3. The zero-order chi connectivity index (χ0) is 13.7. The Kier molecular flexibility index (Phi) is 5.16. The summed E-state index contributed by atoms with van der Waals surface area (Å²) in [5.41, 5.74) is 3.97. The lowest BCUT2D eigenvalue weighted by Gasteiger charge is -2.18. The average molecular weight is 277 g/mol. The molecule has 1 N–H and O–H groups in total. The van der Waals surface area contributed by atoms with Crippen molar-refractivity contribution in [2.45, 2.75) is 39.2 Å². The van der Waals surface area contributed by atoms with Crippen molar-refractivity contribution in [1.29, 1.82) is 0 Å². The summed E-state index contributed by atoms with van der Waals surface area (Å²) in [6.07, 6.45) is 5.35. The van der Waals surface area contributed by atoms with Gasteiger partial charge in [-0.2, -0.15) is 16.4 Å². The fourth-order valence-electron chi connectivity index (χ4n) is 2.37. The Labute approximate surface area is 119 Å². The van der Waals surface area contributed by atoms with E-state index < -0.39 is 0 Å². The van der Waals surface area contributed by atoms with Crippen LogP contribution in [-0.2, 0) is 19.9 Å². The summed E-state index contributed by atoms with van der Waals surface area (Å²) >= 11 is 1.77. The molecule has 0 aliphatic rings. The van der Waals surface area contributed by atoms with Gasteiger partial charge >= 0.3 is 0 Å². The maximum atomic E-state index is 4.57. The molecule has 4 heteroatoms. The first-order valence-electron chi connectivity index (χ1n) is 7.01. The van der Waals surface area contributed by atoms with Gasteiger partial charge in [0, 0.05) is 24.8 Å². The topological polar surface area (TPSA) is 29.9 Å². The van der Waals surface area contributed by atoms with E-state index in [0.717, 1.165) is 25.8 Å². The minimum Gasteiger partial charge on any atom is -0.310 e. The molecule has 0 spiro atoms. The normalized spacial score (nSPS) is 12.8. The highest BCUT2D eigenvalue weighted by atomic mass is 32.1. The van der Waals surface area contributed by atoms with E-state index in [0.29, 0.717) is 6.04 Å². The number of hydrogen-bond donors (Lipinski definition) is 1. The van der Waals surface area contributed by atoms with Crippen LogP contribution in [0.4, 0.5) is 0 Å². The Morgan fingerprint density at radius 3 is 2.89 bits per heavy atom. The molecule has 3 nitrogen and oxygen atoms in total. The van der Waals surface area contributed by atoms with Gasteiger partial charge in [-0.15, -0.1) is 0 Å². The lowest BCUT2D eigenvalue weighted by atomic mass is 10.00. The van der Waals surface area contributed by atoms with E-state index in [9.17, 15) is 0 Å². The van der Waals surface area contributed by atoms with Gasteiger partial charge in [0.15, 0.2) is 0 Å². The number of hydrogen-bond acceptors (Lipinski definition) is 3. The van der Waals surface area contributed by atoms with E-state index in [1.54, 1.807) is 11.3 Å². The molecular weight excluding hydrogens is 254 g/mol. The molecule has 104 valence electrons. The van der Waals surface area contributed by atoms with Gasteiger partial charge in [-0.05, 0) is 48.2 Å². The lowest BCUT2D eigenvalue weighted by Crippen LogP contribution is -2.24. The molecule has 2 aromatic heterocycles. The Morgan fingerprint density at radius 2 is 2.26 bits per heavy atom. The third-order valence-electron chi connectivity index (χ3n) is 3.31. The molecule has 2 heterocycles. The highest BCUT2D eigenvalue weighted by molar-refractivity contribution is 7.07. The van der Waals surface area contributed by atoms with Crippen molar-refractivity contribution in [1.82, 2.24) is 15.1 Å². The number of aryl methyl sites for hydroxylation is 2. The Hall–Kier alpha value is -1.13. The minimum absolute atomic E-state index is 0.373. The van der Waals surface area contributed by atoms with Crippen molar-refractivity contribution in [2.75, 3.05) is 6.54 Å². The molecule has 0 bridgehead atoms. The summed E-state index contributed by atoms with van der Waals surface area (Å²) < 4.78 is 1.93. The molecule has 1 atom stereocenters. The van der Waals surface area contributed by atoms with Crippen molar-refractivity contribution in [3.63, 3.8) is 0 Å². The maximum absolute atomic E-state index is 4.57. The zero-order valence-corrected chi connectivity index (χ0v) is 12.8. The molecule has 2 aromatic rings. The van der Waals surface area contributed by atoms with E-state index >= 15 is 0 Å². The molecular formula is C15H23N3S. The van der Waals surface area contributed by atoms with Gasteiger partial charge < -0.3 is 5.32 Å². The van der Waals surface area contributed by atoms with Crippen molar-refractivity contribution < 1.29 is 0 Å². The van der Waals surface area contributed by atoms with Gasteiger partial charge in [-0.3, -0.25) is 4.68 Å². The first-order chi connectivity index (χ1) is 9.24.